The van der Waals surface area contributed by atoms with Gasteiger partial charge in [-0.15, -0.1) is 0 Å². The number of hydrogen-bond acceptors (Lipinski definition) is 4. The largest absolute Gasteiger partial charge is 0.478 e. The summed E-state index contributed by atoms with van der Waals surface area (Å²) in [6.07, 6.45) is 21.4. The summed E-state index contributed by atoms with van der Waals surface area (Å²) in [4.78, 5) is 19.2. The highest BCUT2D eigenvalue weighted by Gasteiger charge is 2.39. The normalized spacial score (nSPS) is 28.4. The lowest BCUT2D eigenvalue weighted by Gasteiger charge is -2.43. The third kappa shape index (κ3) is 3.86. The Morgan fingerprint density at radius 1 is 1.21 bits per heavy atom. The topological polar surface area (TPSA) is 78.9 Å². The van der Waals surface area contributed by atoms with Gasteiger partial charge >= 0.3 is 5.97 Å². The molecule has 0 spiro atoms. The molecule has 0 radical (unpaired) electrons. The van der Waals surface area contributed by atoms with Crippen molar-refractivity contribution in [3.05, 3.63) is 82.0 Å². The molecule has 34 heavy (non-hydrogen) atoms. The average Bonchev–Trinajstić information content (AvgIpc) is 2.97. The van der Waals surface area contributed by atoms with Gasteiger partial charge in [0.15, 0.2) is 0 Å². The number of nitrogens with zero attached hydrogens (tertiary/aromatic N) is 2. The van der Waals surface area contributed by atoms with Crippen molar-refractivity contribution < 1.29 is 9.90 Å². The van der Waals surface area contributed by atoms with E-state index in [0.29, 0.717) is 24.3 Å². The van der Waals surface area contributed by atoms with E-state index in [0.717, 1.165) is 48.5 Å². The van der Waals surface area contributed by atoms with E-state index in [9.17, 15) is 9.90 Å². The minimum absolute atomic E-state index is 0.120. The highest BCUT2D eigenvalue weighted by atomic mass is 16.4. The number of carboxylic acid groups (broad SMARTS) is 1. The molecular weight excluding hydrogens is 422 g/mol. The molecular formula is C29H35N3O2. The first-order valence-electron chi connectivity index (χ1n) is 12.5. The lowest BCUT2D eigenvalue weighted by molar-refractivity contribution is -0.132. The van der Waals surface area contributed by atoms with Gasteiger partial charge in [0.1, 0.15) is 5.82 Å². The zero-order valence-electron chi connectivity index (χ0n) is 20.5. The molecule has 0 amide bonds. The number of allylic oxidation sites excluding steroid dienone is 10. The van der Waals surface area contributed by atoms with Crippen LogP contribution in [0, 0.1) is 11.8 Å². The van der Waals surface area contributed by atoms with E-state index in [4.69, 9.17) is 10.7 Å². The van der Waals surface area contributed by atoms with Gasteiger partial charge in [0.2, 0.25) is 0 Å². The first-order valence-corrected chi connectivity index (χ1v) is 12.5. The number of carbonyl (C=O) groups is 1. The van der Waals surface area contributed by atoms with Crippen molar-refractivity contribution in [3.63, 3.8) is 0 Å². The van der Waals surface area contributed by atoms with Crippen LogP contribution in [-0.2, 0) is 4.79 Å². The summed E-state index contributed by atoms with van der Waals surface area (Å²) < 4.78 is 0. The molecule has 2 heterocycles. The maximum Gasteiger partial charge on any atom is 0.333 e. The molecule has 5 heteroatoms. The smallest absolute Gasteiger partial charge is 0.333 e. The molecule has 0 saturated heterocycles. The summed E-state index contributed by atoms with van der Waals surface area (Å²) in [5.41, 5.74) is 14.1. The third-order valence-electron chi connectivity index (χ3n) is 8.19. The van der Waals surface area contributed by atoms with E-state index in [-0.39, 0.29) is 11.5 Å². The Balaban J connectivity index is 1.64. The number of fused-ring (bicyclic) bond motifs is 1. The van der Waals surface area contributed by atoms with E-state index in [1.807, 2.05) is 4.90 Å². The Labute approximate surface area is 202 Å². The molecule has 3 aliphatic carbocycles. The van der Waals surface area contributed by atoms with E-state index in [1.54, 1.807) is 6.20 Å². The third-order valence-corrected chi connectivity index (χ3v) is 8.19. The monoisotopic (exact) mass is 457 g/mol. The van der Waals surface area contributed by atoms with E-state index in [1.165, 1.54) is 23.1 Å². The first kappa shape index (κ1) is 22.9. The fourth-order valence-electron chi connectivity index (χ4n) is 5.84. The molecule has 0 bridgehead atoms. The summed E-state index contributed by atoms with van der Waals surface area (Å²) in [6, 6.07) is 0. The SMILES string of the molecule is CC1=C2N=C(C3=CC=C(C4(N)CCC4)CC3C)C(C3C=CC=CC3)=C(C)N2C=C(C(=O)O)CC1. The summed E-state index contributed by atoms with van der Waals surface area (Å²) >= 11 is 0. The lowest BCUT2D eigenvalue weighted by atomic mass is 9.67. The zero-order valence-corrected chi connectivity index (χ0v) is 20.5. The highest BCUT2D eigenvalue weighted by Crippen LogP contribution is 2.44. The Hall–Kier alpha value is -2.92. The molecule has 0 aromatic heterocycles. The molecule has 5 aliphatic rings. The fourth-order valence-corrected chi connectivity index (χ4v) is 5.84. The van der Waals surface area contributed by atoms with Crippen LogP contribution in [0.1, 0.15) is 65.7 Å². The van der Waals surface area contributed by atoms with Gasteiger partial charge in [-0.2, -0.15) is 0 Å². The second-order valence-corrected chi connectivity index (χ2v) is 10.5. The van der Waals surface area contributed by atoms with Crippen molar-refractivity contribution in [3.8, 4) is 0 Å². The fraction of sp³-hybridized carbons (Fsp3) is 0.448. The molecule has 178 valence electrons. The lowest BCUT2D eigenvalue weighted by Crippen LogP contribution is -2.49. The van der Waals surface area contributed by atoms with Crippen molar-refractivity contribution in [1.82, 2.24) is 4.90 Å². The number of aliphatic imine (C=N–C) groups is 1. The van der Waals surface area contributed by atoms with Gasteiger partial charge in [-0.1, -0.05) is 43.4 Å². The number of hydrogen-bond donors (Lipinski definition) is 2. The Kier molecular flexibility index (Phi) is 5.85. The van der Waals surface area contributed by atoms with Gasteiger partial charge < -0.3 is 15.7 Å². The number of aliphatic carboxylic acids is 1. The zero-order chi connectivity index (χ0) is 24.0. The van der Waals surface area contributed by atoms with Crippen molar-refractivity contribution in [2.45, 2.75) is 71.3 Å². The second-order valence-electron chi connectivity index (χ2n) is 10.5. The molecule has 2 atom stereocenters. The van der Waals surface area contributed by atoms with E-state index in [2.05, 4.69) is 57.2 Å². The van der Waals surface area contributed by atoms with Gasteiger partial charge in [-0.3, -0.25) is 0 Å². The molecule has 2 unspecified atom stereocenters. The summed E-state index contributed by atoms with van der Waals surface area (Å²) in [6.45, 7) is 6.48. The summed E-state index contributed by atoms with van der Waals surface area (Å²) in [7, 11) is 0. The number of rotatable bonds is 4. The Bertz CT molecular complexity index is 1170. The second kappa shape index (κ2) is 8.70. The predicted molar refractivity (Wildman–Crippen MR) is 137 cm³/mol. The van der Waals surface area contributed by atoms with Crippen LogP contribution < -0.4 is 5.73 Å². The van der Waals surface area contributed by atoms with Crippen molar-refractivity contribution in [1.29, 1.82) is 0 Å². The maximum atomic E-state index is 11.9. The van der Waals surface area contributed by atoms with Gasteiger partial charge in [-0.05, 0) is 81.4 Å². The van der Waals surface area contributed by atoms with E-state index < -0.39 is 5.97 Å². The van der Waals surface area contributed by atoms with Crippen LogP contribution >= 0.6 is 0 Å². The van der Waals surface area contributed by atoms with Gasteiger partial charge in [-0.25, -0.2) is 9.79 Å². The molecule has 1 saturated carbocycles. The molecule has 5 rings (SSSR count). The van der Waals surface area contributed by atoms with Crippen LogP contribution in [0.15, 0.2) is 87.0 Å². The minimum atomic E-state index is -0.855. The van der Waals surface area contributed by atoms with Crippen LogP contribution in [0.4, 0.5) is 0 Å². The van der Waals surface area contributed by atoms with Crippen molar-refractivity contribution in [2.24, 2.45) is 22.6 Å². The van der Waals surface area contributed by atoms with Crippen LogP contribution in [0.25, 0.3) is 0 Å². The van der Waals surface area contributed by atoms with Crippen LogP contribution in [-0.4, -0.2) is 27.2 Å². The van der Waals surface area contributed by atoms with Crippen molar-refractivity contribution in [2.75, 3.05) is 0 Å². The van der Waals surface area contributed by atoms with Gasteiger partial charge in [0.25, 0.3) is 0 Å². The maximum absolute atomic E-state index is 11.9. The molecule has 0 aromatic rings. The average molecular weight is 458 g/mol. The summed E-state index contributed by atoms with van der Waals surface area (Å²) in [5, 5.41) is 9.74. The number of carboxylic acids is 1. The Morgan fingerprint density at radius 2 is 2.00 bits per heavy atom. The highest BCUT2D eigenvalue weighted by molar-refractivity contribution is 6.15. The van der Waals surface area contributed by atoms with Gasteiger partial charge in [0, 0.05) is 28.9 Å². The minimum Gasteiger partial charge on any atom is -0.478 e. The molecule has 0 aromatic carbocycles. The quantitative estimate of drug-likeness (QED) is 0.549. The number of nitrogens with two attached hydrogens (primary N) is 1. The first-order chi connectivity index (χ1) is 16.3. The molecule has 3 N–H and O–H groups in total. The van der Waals surface area contributed by atoms with Crippen LogP contribution in [0.5, 0.6) is 0 Å². The predicted octanol–water partition coefficient (Wildman–Crippen LogP) is 5.92. The molecule has 5 nitrogen and oxygen atoms in total. The standard InChI is InChI=1S/C29H35N3O2/c1-18-10-11-22(28(33)34)17-32-20(3)25(21-8-5-4-6-9-21)26(31-27(18)32)24-13-12-23(16-19(24)2)29(30)14-7-15-29/h4-6,8,12-13,17,19,21H,7,9-11,14-16,30H2,1-3H3,(H,33,34). The van der Waals surface area contributed by atoms with E-state index >= 15 is 0 Å². The van der Waals surface area contributed by atoms with Gasteiger partial charge in [0.05, 0.1) is 11.3 Å². The molecule has 1 fully saturated rings. The summed E-state index contributed by atoms with van der Waals surface area (Å²) in [5.74, 6) is 0.558. The van der Waals surface area contributed by atoms with Crippen LogP contribution in [0.3, 0.4) is 0 Å². The Morgan fingerprint density at radius 3 is 2.62 bits per heavy atom. The van der Waals surface area contributed by atoms with Crippen LogP contribution in [0.2, 0.25) is 0 Å². The molecule has 2 aliphatic heterocycles. The van der Waals surface area contributed by atoms with Crippen molar-refractivity contribution >= 4 is 11.7 Å².